The summed E-state index contributed by atoms with van der Waals surface area (Å²) < 4.78 is 5.97. The quantitative estimate of drug-likeness (QED) is 0.135. The molecular weight excluding hydrogens is 428 g/mol. The number of rotatable bonds is 16. The Morgan fingerprint density at radius 1 is 0.714 bits per heavy atom. The smallest absolute Gasteiger partial charge is 0.317 e. The number of aryl methyl sites for hydroxylation is 3. The van der Waals surface area contributed by atoms with Crippen molar-refractivity contribution >= 4 is 5.97 Å². The Labute approximate surface area is 215 Å². The molecule has 1 aromatic carbocycles. The number of ether oxygens (including phenoxy) is 1. The number of carbonyl (C=O) groups is 1. The first-order chi connectivity index (χ1) is 16.9. The molecule has 0 aromatic heterocycles. The molecule has 0 unspecified atom stereocenters. The van der Waals surface area contributed by atoms with E-state index in [-0.39, 0.29) is 5.97 Å². The Morgan fingerprint density at radius 2 is 1.14 bits per heavy atom. The lowest BCUT2D eigenvalue weighted by atomic mass is 9.78. The van der Waals surface area contributed by atoms with E-state index in [0.717, 1.165) is 74.7 Å². The van der Waals surface area contributed by atoms with E-state index in [1.165, 1.54) is 5.56 Å². The first-order valence-corrected chi connectivity index (χ1v) is 13.4. The number of carbonyl (C=O) groups excluding carboxylic acids is 1. The van der Waals surface area contributed by atoms with Gasteiger partial charge in [-0.1, -0.05) is 99.2 Å². The van der Waals surface area contributed by atoms with Gasteiger partial charge in [-0.05, 0) is 89.7 Å². The second kappa shape index (κ2) is 17.8. The minimum atomic E-state index is -0.435. The molecule has 0 amide bonds. The molecule has 0 atom stereocenters. The van der Waals surface area contributed by atoms with Crippen LogP contribution in [0.25, 0.3) is 0 Å². The lowest BCUT2D eigenvalue weighted by Crippen LogP contribution is -2.34. The van der Waals surface area contributed by atoms with Crippen LogP contribution in [-0.2, 0) is 4.79 Å². The fourth-order valence-corrected chi connectivity index (χ4v) is 4.25. The van der Waals surface area contributed by atoms with E-state index in [1.54, 1.807) is 0 Å². The molecule has 0 spiro atoms. The molecule has 1 aromatic rings. The summed E-state index contributed by atoms with van der Waals surface area (Å²) in [6.45, 7) is 12.4. The van der Waals surface area contributed by atoms with Crippen LogP contribution in [0.4, 0.5) is 0 Å². The summed E-state index contributed by atoms with van der Waals surface area (Å²) in [5, 5.41) is 0. The van der Waals surface area contributed by atoms with Gasteiger partial charge in [-0.2, -0.15) is 0 Å². The SMILES string of the molecule is CCC=CCC=CCC=CCC=CCC=CCCC(CC)(CC)C(=O)Oc1c(C)cc(C)cc1C. The Morgan fingerprint density at radius 3 is 1.57 bits per heavy atom. The average molecular weight is 477 g/mol. The van der Waals surface area contributed by atoms with Crippen LogP contribution in [0.1, 0.15) is 95.2 Å². The average Bonchev–Trinajstić information content (AvgIpc) is 2.83. The zero-order valence-corrected chi connectivity index (χ0v) is 23.1. The van der Waals surface area contributed by atoms with Gasteiger partial charge in [0.2, 0.25) is 0 Å². The molecule has 0 fully saturated rings. The Bertz CT molecular complexity index is 869. The molecule has 1 rings (SSSR count). The molecule has 0 saturated carbocycles. The lowest BCUT2D eigenvalue weighted by molar-refractivity contribution is -0.147. The Hall–Kier alpha value is -2.61. The zero-order chi connectivity index (χ0) is 25.9. The third-order valence-electron chi connectivity index (χ3n) is 6.53. The standard InChI is InChI=1S/C33H48O2/c1-7-10-11-12-13-14-15-16-17-18-19-20-21-22-23-24-25-33(8-2,9-3)32(34)35-31-29(5)26-28(4)27-30(31)6/h10-11,13-14,16-17,19-20,22-23,26-27H,7-9,12,15,18,21,24-25H2,1-6H3. The highest BCUT2D eigenvalue weighted by atomic mass is 16.5. The van der Waals surface area contributed by atoms with Crippen molar-refractivity contribution in [3.63, 3.8) is 0 Å². The summed E-state index contributed by atoms with van der Waals surface area (Å²) in [6.07, 6.45) is 30.4. The van der Waals surface area contributed by atoms with Crippen LogP contribution in [0.5, 0.6) is 5.75 Å². The fourth-order valence-electron chi connectivity index (χ4n) is 4.25. The van der Waals surface area contributed by atoms with E-state index < -0.39 is 5.41 Å². The second-order valence-electron chi connectivity index (χ2n) is 9.35. The summed E-state index contributed by atoms with van der Waals surface area (Å²) in [5.74, 6) is 0.631. The highest BCUT2D eigenvalue weighted by Gasteiger charge is 2.36. The molecule has 2 nitrogen and oxygen atoms in total. The van der Waals surface area contributed by atoms with Crippen molar-refractivity contribution in [2.45, 2.75) is 99.3 Å². The molecule has 0 heterocycles. The maximum absolute atomic E-state index is 13.2. The minimum absolute atomic E-state index is 0.0927. The van der Waals surface area contributed by atoms with Crippen LogP contribution >= 0.6 is 0 Å². The summed E-state index contributed by atoms with van der Waals surface area (Å²) in [4.78, 5) is 13.2. The van der Waals surface area contributed by atoms with Crippen LogP contribution in [-0.4, -0.2) is 5.97 Å². The number of esters is 1. The summed E-state index contributed by atoms with van der Waals surface area (Å²) >= 11 is 0. The normalized spacial score (nSPS) is 12.9. The summed E-state index contributed by atoms with van der Waals surface area (Å²) in [5.41, 5.74) is 2.80. The molecule has 0 radical (unpaired) electrons. The molecular formula is C33H48O2. The highest BCUT2D eigenvalue weighted by Crippen LogP contribution is 2.36. The molecule has 0 N–H and O–H groups in total. The molecule has 0 aliphatic rings. The monoisotopic (exact) mass is 476 g/mol. The molecule has 0 bridgehead atoms. The fraction of sp³-hybridized carbons (Fsp3) is 0.485. The van der Waals surface area contributed by atoms with Gasteiger partial charge in [0, 0.05) is 0 Å². The molecule has 0 saturated heterocycles. The molecule has 2 heteroatoms. The molecule has 0 aliphatic carbocycles. The van der Waals surface area contributed by atoms with E-state index in [1.807, 2.05) is 13.8 Å². The number of benzene rings is 1. The van der Waals surface area contributed by atoms with Crippen molar-refractivity contribution in [1.82, 2.24) is 0 Å². The number of allylic oxidation sites excluding steroid dienone is 10. The maximum Gasteiger partial charge on any atom is 0.317 e. The van der Waals surface area contributed by atoms with Crippen molar-refractivity contribution in [2.24, 2.45) is 5.41 Å². The van der Waals surface area contributed by atoms with Gasteiger partial charge in [-0.15, -0.1) is 0 Å². The van der Waals surface area contributed by atoms with Crippen molar-refractivity contribution in [3.8, 4) is 5.75 Å². The third-order valence-corrected chi connectivity index (χ3v) is 6.53. The largest absolute Gasteiger partial charge is 0.426 e. The summed E-state index contributed by atoms with van der Waals surface area (Å²) in [6, 6.07) is 4.15. The number of hydrogen-bond donors (Lipinski definition) is 0. The molecule has 35 heavy (non-hydrogen) atoms. The lowest BCUT2D eigenvalue weighted by Gasteiger charge is -2.29. The van der Waals surface area contributed by atoms with Gasteiger partial charge in [-0.3, -0.25) is 4.79 Å². The van der Waals surface area contributed by atoms with E-state index in [0.29, 0.717) is 0 Å². The van der Waals surface area contributed by atoms with Crippen LogP contribution in [0.2, 0.25) is 0 Å². The topological polar surface area (TPSA) is 26.3 Å². The zero-order valence-electron chi connectivity index (χ0n) is 23.1. The number of hydrogen-bond acceptors (Lipinski definition) is 2. The first kappa shape index (κ1) is 30.4. The predicted molar refractivity (Wildman–Crippen MR) is 153 cm³/mol. The van der Waals surface area contributed by atoms with Gasteiger partial charge in [-0.25, -0.2) is 0 Å². The van der Waals surface area contributed by atoms with Crippen LogP contribution < -0.4 is 4.74 Å². The predicted octanol–water partition coefficient (Wildman–Crippen LogP) is 9.86. The molecule has 192 valence electrons. The van der Waals surface area contributed by atoms with Gasteiger partial charge in [0.05, 0.1) is 5.41 Å². The van der Waals surface area contributed by atoms with Gasteiger partial charge >= 0.3 is 5.97 Å². The van der Waals surface area contributed by atoms with E-state index in [2.05, 4.69) is 101 Å². The van der Waals surface area contributed by atoms with Crippen LogP contribution in [0.3, 0.4) is 0 Å². The van der Waals surface area contributed by atoms with Gasteiger partial charge in [0.15, 0.2) is 0 Å². The second-order valence-corrected chi connectivity index (χ2v) is 9.35. The van der Waals surface area contributed by atoms with Gasteiger partial charge in [0.25, 0.3) is 0 Å². The maximum atomic E-state index is 13.2. The van der Waals surface area contributed by atoms with Crippen LogP contribution in [0, 0.1) is 26.2 Å². The Kier molecular flexibility index (Phi) is 15.4. The van der Waals surface area contributed by atoms with Gasteiger partial charge < -0.3 is 4.74 Å². The first-order valence-electron chi connectivity index (χ1n) is 13.4. The van der Waals surface area contributed by atoms with Crippen LogP contribution in [0.15, 0.2) is 72.9 Å². The Balaban J connectivity index is 2.44. The third kappa shape index (κ3) is 11.6. The van der Waals surface area contributed by atoms with E-state index >= 15 is 0 Å². The van der Waals surface area contributed by atoms with Crippen molar-refractivity contribution in [1.29, 1.82) is 0 Å². The van der Waals surface area contributed by atoms with E-state index in [9.17, 15) is 4.79 Å². The van der Waals surface area contributed by atoms with Gasteiger partial charge in [0.1, 0.15) is 5.75 Å². The van der Waals surface area contributed by atoms with E-state index in [4.69, 9.17) is 4.74 Å². The highest BCUT2D eigenvalue weighted by molar-refractivity contribution is 5.79. The van der Waals surface area contributed by atoms with Crippen molar-refractivity contribution < 1.29 is 9.53 Å². The van der Waals surface area contributed by atoms with Crippen molar-refractivity contribution in [3.05, 3.63) is 89.6 Å². The van der Waals surface area contributed by atoms with Crippen molar-refractivity contribution in [2.75, 3.05) is 0 Å². The summed E-state index contributed by atoms with van der Waals surface area (Å²) in [7, 11) is 0. The molecule has 0 aliphatic heterocycles. The minimum Gasteiger partial charge on any atom is -0.426 e.